The first kappa shape index (κ1) is 23.1. The molecule has 0 bridgehead atoms. The molecule has 1 aliphatic heterocycles. The summed E-state index contributed by atoms with van der Waals surface area (Å²) in [5, 5.41) is 12.7. The van der Waals surface area contributed by atoms with E-state index in [1.807, 2.05) is 58.8 Å². The smallest absolute Gasteiger partial charge is 0.242 e. The molecule has 182 valence electrons. The molecule has 10 heteroatoms. The third kappa shape index (κ3) is 4.51. The Hall–Kier alpha value is -4.65. The highest BCUT2D eigenvalue weighted by molar-refractivity contribution is 5.84. The summed E-state index contributed by atoms with van der Waals surface area (Å²) in [5.41, 5.74) is 4.07. The van der Waals surface area contributed by atoms with Crippen LogP contribution in [0.4, 0.5) is 17.3 Å². The first-order valence-electron chi connectivity index (χ1n) is 11.8. The van der Waals surface area contributed by atoms with Gasteiger partial charge in [-0.15, -0.1) is 0 Å². The summed E-state index contributed by atoms with van der Waals surface area (Å²) >= 11 is 0. The zero-order valence-electron chi connectivity index (χ0n) is 20.3. The number of fused-ring (bicyclic) bond motifs is 1. The predicted molar refractivity (Wildman–Crippen MR) is 139 cm³/mol. The second-order valence-electron chi connectivity index (χ2n) is 8.76. The fourth-order valence-electron chi connectivity index (χ4n) is 4.37. The number of amides is 1. The van der Waals surface area contributed by atoms with Crippen LogP contribution in [0.3, 0.4) is 0 Å². The Balaban J connectivity index is 1.29. The van der Waals surface area contributed by atoms with Crippen LogP contribution in [0.1, 0.15) is 5.56 Å². The van der Waals surface area contributed by atoms with Crippen LogP contribution < -0.4 is 15.1 Å². The van der Waals surface area contributed by atoms with Crippen molar-refractivity contribution in [2.45, 2.75) is 0 Å². The van der Waals surface area contributed by atoms with E-state index in [1.165, 1.54) is 0 Å². The third-order valence-electron chi connectivity index (χ3n) is 6.33. The zero-order chi connectivity index (χ0) is 25.1. The summed E-state index contributed by atoms with van der Waals surface area (Å²) < 4.78 is 1.91. The average Bonchev–Trinajstić information content (AvgIpc) is 3.30. The third-order valence-corrected chi connectivity index (χ3v) is 6.33. The standard InChI is InChI=1S/C26H27N9O/c1-32(2)21-7-5-19(6-8-21)24-26(35-11-10-28-17-22(35)31-24)30-18-23(36)33-12-14-34(15-13-33)25-20(16-27)4-3-9-29-25/h3-11,17,30H,12-15,18H2,1-2H3. The lowest BCUT2D eigenvalue weighted by Crippen LogP contribution is -2.50. The maximum Gasteiger partial charge on any atom is 0.242 e. The molecule has 10 nitrogen and oxygen atoms in total. The highest BCUT2D eigenvalue weighted by Crippen LogP contribution is 2.30. The van der Waals surface area contributed by atoms with Crippen LogP contribution in [0.25, 0.3) is 16.9 Å². The van der Waals surface area contributed by atoms with Gasteiger partial charge in [-0.05, 0) is 24.3 Å². The Labute approximate surface area is 209 Å². The van der Waals surface area contributed by atoms with Gasteiger partial charge in [0.1, 0.15) is 23.4 Å². The van der Waals surface area contributed by atoms with E-state index in [2.05, 4.69) is 26.3 Å². The number of carbonyl (C=O) groups excluding carboxylic acids is 1. The van der Waals surface area contributed by atoms with Gasteiger partial charge in [-0.2, -0.15) is 5.26 Å². The minimum atomic E-state index is 0.00842. The molecule has 0 radical (unpaired) electrons. The number of hydrogen-bond acceptors (Lipinski definition) is 8. The van der Waals surface area contributed by atoms with E-state index in [-0.39, 0.29) is 12.5 Å². The molecule has 1 fully saturated rings. The molecule has 0 unspecified atom stereocenters. The predicted octanol–water partition coefficient (Wildman–Crippen LogP) is 2.49. The largest absolute Gasteiger partial charge is 0.378 e. The van der Waals surface area contributed by atoms with Crippen molar-refractivity contribution in [1.82, 2.24) is 24.3 Å². The van der Waals surface area contributed by atoms with Gasteiger partial charge in [-0.25, -0.2) is 9.97 Å². The van der Waals surface area contributed by atoms with Gasteiger partial charge in [0.15, 0.2) is 5.65 Å². The Morgan fingerprint density at radius 3 is 2.61 bits per heavy atom. The number of hydrogen-bond donors (Lipinski definition) is 1. The summed E-state index contributed by atoms with van der Waals surface area (Å²) in [6.45, 7) is 2.53. The van der Waals surface area contributed by atoms with E-state index < -0.39 is 0 Å². The van der Waals surface area contributed by atoms with E-state index in [1.54, 1.807) is 30.7 Å². The Morgan fingerprint density at radius 1 is 1.11 bits per heavy atom. The van der Waals surface area contributed by atoms with Crippen LogP contribution in [0.15, 0.2) is 61.2 Å². The minimum Gasteiger partial charge on any atom is -0.378 e. The molecule has 0 aliphatic carbocycles. The van der Waals surface area contributed by atoms with Gasteiger partial charge in [0.25, 0.3) is 0 Å². The number of benzene rings is 1. The van der Waals surface area contributed by atoms with Crippen molar-refractivity contribution < 1.29 is 4.79 Å². The minimum absolute atomic E-state index is 0.00842. The van der Waals surface area contributed by atoms with Crippen molar-refractivity contribution >= 4 is 28.9 Å². The molecule has 1 aliphatic rings. The highest BCUT2D eigenvalue weighted by Gasteiger charge is 2.24. The molecule has 3 aromatic heterocycles. The maximum absolute atomic E-state index is 13.1. The number of pyridine rings is 1. The molecule has 1 N–H and O–H groups in total. The highest BCUT2D eigenvalue weighted by atomic mass is 16.2. The second kappa shape index (κ2) is 9.92. The van der Waals surface area contributed by atoms with Gasteiger partial charge in [0.2, 0.25) is 5.91 Å². The quantitative estimate of drug-likeness (QED) is 0.448. The van der Waals surface area contributed by atoms with E-state index in [0.29, 0.717) is 43.2 Å². The summed E-state index contributed by atoms with van der Waals surface area (Å²) in [7, 11) is 4.01. The molecule has 1 amide bonds. The number of piperazine rings is 1. The van der Waals surface area contributed by atoms with E-state index >= 15 is 0 Å². The molecule has 5 rings (SSSR count). The lowest BCUT2D eigenvalue weighted by atomic mass is 10.1. The molecule has 0 saturated carbocycles. The van der Waals surface area contributed by atoms with Crippen LogP contribution in [0.2, 0.25) is 0 Å². The van der Waals surface area contributed by atoms with Crippen LogP contribution in [-0.4, -0.2) is 77.0 Å². The Bertz CT molecular complexity index is 1410. The van der Waals surface area contributed by atoms with Crippen molar-refractivity contribution in [1.29, 1.82) is 5.26 Å². The van der Waals surface area contributed by atoms with Crippen molar-refractivity contribution in [2.24, 2.45) is 0 Å². The second-order valence-corrected chi connectivity index (χ2v) is 8.76. The Morgan fingerprint density at radius 2 is 1.89 bits per heavy atom. The fraction of sp³-hybridized carbons (Fsp3) is 0.269. The van der Waals surface area contributed by atoms with Gasteiger partial charge < -0.3 is 20.0 Å². The molecule has 36 heavy (non-hydrogen) atoms. The number of carbonyl (C=O) groups is 1. The molecule has 4 heterocycles. The number of imidazole rings is 1. The molecule has 0 spiro atoms. The summed E-state index contributed by atoms with van der Waals surface area (Å²) in [4.78, 5) is 32.4. The van der Waals surface area contributed by atoms with Gasteiger partial charge in [-0.1, -0.05) is 12.1 Å². The normalized spacial score (nSPS) is 13.5. The first-order chi connectivity index (χ1) is 17.5. The van der Waals surface area contributed by atoms with Crippen LogP contribution in [-0.2, 0) is 4.79 Å². The van der Waals surface area contributed by atoms with Gasteiger partial charge in [0, 0.05) is 70.1 Å². The van der Waals surface area contributed by atoms with Gasteiger partial charge in [-0.3, -0.25) is 14.2 Å². The fourth-order valence-corrected chi connectivity index (χ4v) is 4.37. The van der Waals surface area contributed by atoms with Crippen molar-refractivity contribution in [3.8, 4) is 17.3 Å². The van der Waals surface area contributed by atoms with Crippen LogP contribution in [0, 0.1) is 11.3 Å². The Kier molecular flexibility index (Phi) is 6.36. The van der Waals surface area contributed by atoms with Crippen LogP contribution >= 0.6 is 0 Å². The van der Waals surface area contributed by atoms with Crippen molar-refractivity contribution in [3.05, 3.63) is 66.7 Å². The van der Waals surface area contributed by atoms with E-state index in [4.69, 9.17) is 4.98 Å². The molecule has 1 aromatic carbocycles. The van der Waals surface area contributed by atoms with E-state index in [0.717, 1.165) is 22.8 Å². The van der Waals surface area contributed by atoms with Crippen LogP contribution in [0.5, 0.6) is 0 Å². The number of nitrogens with one attached hydrogen (secondary N) is 1. The maximum atomic E-state index is 13.1. The number of nitrogens with zero attached hydrogens (tertiary/aromatic N) is 8. The summed E-state index contributed by atoms with van der Waals surface area (Å²) in [6.07, 6.45) is 6.93. The van der Waals surface area contributed by atoms with Gasteiger partial charge in [0.05, 0.1) is 18.3 Å². The molecular formula is C26H27N9O. The van der Waals surface area contributed by atoms with Crippen molar-refractivity contribution in [3.63, 3.8) is 0 Å². The average molecular weight is 482 g/mol. The molecule has 0 atom stereocenters. The lowest BCUT2D eigenvalue weighted by Gasteiger charge is -2.35. The molecule has 4 aromatic rings. The first-order valence-corrected chi connectivity index (χ1v) is 11.8. The topological polar surface area (TPSA) is 106 Å². The number of aromatic nitrogens is 4. The monoisotopic (exact) mass is 481 g/mol. The zero-order valence-corrected chi connectivity index (χ0v) is 20.3. The lowest BCUT2D eigenvalue weighted by molar-refractivity contribution is -0.129. The van der Waals surface area contributed by atoms with Gasteiger partial charge >= 0.3 is 0 Å². The number of nitriles is 1. The van der Waals surface area contributed by atoms with E-state index in [9.17, 15) is 10.1 Å². The number of anilines is 3. The number of rotatable bonds is 6. The molecule has 1 saturated heterocycles. The molecular weight excluding hydrogens is 454 g/mol. The van der Waals surface area contributed by atoms with Crippen molar-refractivity contribution in [2.75, 3.05) is 61.9 Å². The summed E-state index contributed by atoms with van der Waals surface area (Å²) in [6, 6.07) is 13.9. The SMILES string of the molecule is CN(C)c1ccc(-c2nc3cnccn3c2NCC(=O)N2CCN(c3ncccc3C#N)CC2)cc1. The summed E-state index contributed by atoms with van der Waals surface area (Å²) in [5.74, 6) is 1.44.